The summed E-state index contributed by atoms with van der Waals surface area (Å²) in [5, 5.41) is 32.4. The van der Waals surface area contributed by atoms with E-state index < -0.39 is 89.8 Å². The van der Waals surface area contributed by atoms with Crippen LogP contribution < -0.4 is 16.0 Å². The summed E-state index contributed by atoms with van der Waals surface area (Å²) in [6.07, 6.45) is -4.68. The second-order valence-electron chi connectivity index (χ2n) is 15.6. The molecule has 5 N–H and O–H groups in total. The van der Waals surface area contributed by atoms with Crippen molar-refractivity contribution in [3.8, 4) is 0 Å². The number of fused-ring (bicyclic) bond motifs is 1. The minimum absolute atomic E-state index is 0.0179. The Hall–Kier alpha value is -1.91. The minimum atomic E-state index is -1.21. The van der Waals surface area contributed by atoms with Crippen molar-refractivity contribution in [2.45, 2.75) is 160 Å². The third kappa shape index (κ3) is 9.35. The maximum atomic E-state index is 14.3. The molecule has 14 nitrogen and oxygen atoms in total. The largest absolute Gasteiger partial charge is 0.457 e. The second kappa shape index (κ2) is 17.7. The topological polar surface area (TPSA) is 177 Å². The summed E-state index contributed by atoms with van der Waals surface area (Å²) in [6, 6.07) is -1.02. The van der Waals surface area contributed by atoms with Gasteiger partial charge in [-0.2, -0.15) is 0 Å². The van der Waals surface area contributed by atoms with Gasteiger partial charge in [-0.15, -0.1) is 0 Å². The van der Waals surface area contributed by atoms with Crippen LogP contribution in [0, 0.1) is 17.8 Å². The van der Waals surface area contributed by atoms with Crippen LogP contribution in [0.25, 0.3) is 0 Å². The summed E-state index contributed by atoms with van der Waals surface area (Å²) in [5.74, 6) is -3.27. The van der Waals surface area contributed by atoms with E-state index in [0.717, 1.165) is 0 Å². The summed E-state index contributed by atoms with van der Waals surface area (Å²) in [7, 11) is 5.25. The molecule has 0 aromatic heterocycles. The molecule has 3 aliphatic rings. The van der Waals surface area contributed by atoms with Gasteiger partial charge in [0, 0.05) is 37.7 Å². The first-order chi connectivity index (χ1) is 23.3. The highest BCUT2D eigenvalue weighted by molar-refractivity contribution is 6.00. The van der Waals surface area contributed by atoms with Gasteiger partial charge in [0.2, 0.25) is 0 Å². The van der Waals surface area contributed by atoms with E-state index in [1.165, 1.54) is 6.92 Å². The van der Waals surface area contributed by atoms with Crippen molar-refractivity contribution in [2.24, 2.45) is 17.8 Å². The Balaban J connectivity index is 2.04. The minimum Gasteiger partial charge on any atom is -0.457 e. The Morgan fingerprint density at radius 1 is 1.12 bits per heavy atom. The van der Waals surface area contributed by atoms with Gasteiger partial charge in [-0.25, -0.2) is 4.79 Å². The van der Waals surface area contributed by atoms with E-state index in [-0.39, 0.29) is 24.5 Å². The summed E-state index contributed by atoms with van der Waals surface area (Å²) < 4.78 is 31.1. The van der Waals surface area contributed by atoms with Gasteiger partial charge < -0.3 is 54.7 Å². The fraction of sp³-hybridized carbons (Fsp3) is 0.917. The first kappa shape index (κ1) is 42.5. The van der Waals surface area contributed by atoms with E-state index in [1.807, 2.05) is 60.5 Å². The number of amides is 1. The number of hydrogen-bond acceptors (Lipinski definition) is 13. The summed E-state index contributed by atoms with van der Waals surface area (Å²) in [6.45, 7) is 17.6. The molecule has 290 valence electrons. The van der Waals surface area contributed by atoms with Crippen molar-refractivity contribution < 1.29 is 48.3 Å². The number of ether oxygens (including phenoxy) is 5. The van der Waals surface area contributed by atoms with Gasteiger partial charge in [-0.3, -0.25) is 9.59 Å². The molecule has 0 bridgehead atoms. The standard InChI is InChI=1S/C36H66N4O10/c1-13-27-36(14-2)30(39-34(45)50-36)23(8)38-17-20(5)16-35(9,46-12)31(21(6)28(42)22(7)32(44)48-27)49-33-29(43)24(40(10)11)15-26(47-33)25(41)18-37-19(3)4/h19-27,29-31,33,37-38,41,43H,13-18H2,1-12H3,(H,39,45)/t20-,21+,22?,23-,24?,25?,26+,27-,29?,30-,31-,33+,35-,36-/m1/s1. The molecule has 14 heteroatoms. The van der Waals surface area contributed by atoms with Crippen LogP contribution in [0.4, 0.5) is 4.79 Å². The van der Waals surface area contributed by atoms with Gasteiger partial charge in [0.1, 0.15) is 18.1 Å². The average molecular weight is 715 g/mol. The predicted octanol–water partition coefficient (Wildman–Crippen LogP) is 1.98. The van der Waals surface area contributed by atoms with Crippen LogP contribution in [0.5, 0.6) is 0 Å². The quantitative estimate of drug-likeness (QED) is 0.164. The van der Waals surface area contributed by atoms with Crippen LogP contribution in [0.1, 0.15) is 88.0 Å². The molecule has 3 fully saturated rings. The summed E-state index contributed by atoms with van der Waals surface area (Å²) in [4.78, 5) is 42.6. The molecule has 3 heterocycles. The summed E-state index contributed by atoms with van der Waals surface area (Å²) in [5.41, 5.74) is -2.23. The van der Waals surface area contributed by atoms with Gasteiger partial charge >= 0.3 is 12.1 Å². The van der Waals surface area contributed by atoms with E-state index >= 15 is 0 Å². The molecule has 0 aromatic carbocycles. The number of aliphatic hydroxyl groups is 2. The van der Waals surface area contributed by atoms with Crippen molar-refractivity contribution in [3.05, 3.63) is 0 Å². The first-order valence-electron chi connectivity index (χ1n) is 18.4. The fourth-order valence-corrected chi connectivity index (χ4v) is 8.03. The van der Waals surface area contributed by atoms with Crippen molar-refractivity contribution in [2.75, 3.05) is 34.3 Å². The van der Waals surface area contributed by atoms with E-state index in [0.29, 0.717) is 32.2 Å². The fourth-order valence-electron chi connectivity index (χ4n) is 8.03. The molecule has 3 rings (SSSR count). The van der Waals surface area contributed by atoms with Crippen molar-refractivity contribution >= 4 is 17.8 Å². The van der Waals surface area contributed by atoms with Crippen LogP contribution in [0.15, 0.2) is 0 Å². The lowest BCUT2D eigenvalue weighted by Gasteiger charge is -2.47. The smallest absolute Gasteiger partial charge is 0.408 e. The maximum absolute atomic E-state index is 14.3. The lowest BCUT2D eigenvalue weighted by molar-refractivity contribution is -0.306. The number of methoxy groups -OCH3 is 1. The van der Waals surface area contributed by atoms with Crippen LogP contribution in [-0.4, -0.2) is 139 Å². The number of likely N-dealkylation sites (N-methyl/N-ethyl adjacent to an activating group) is 1. The van der Waals surface area contributed by atoms with Crippen LogP contribution in [0.3, 0.4) is 0 Å². The van der Waals surface area contributed by atoms with Gasteiger partial charge in [-0.1, -0.05) is 41.5 Å². The zero-order valence-electron chi connectivity index (χ0n) is 32.4. The number of nitrogens with one attached hydrogen (secondary N) is 3. The number of esters is 1. The van der Waals surface area contributed by atoms with Gasteiger partial charge in [0.25, 0.3) is 0 Å². The Labute approximate surface area is 299 Å². The zero-order valence-corrected chi connectivity index (χ0v) is 32.4. The number of rotatable bonds is 10. The molecule has 1 amide bonds. The number of ketones is 1. The molecule has 4 unspecified atom stereocenters. The molecule has 0 spiro atoms. The molecule has 0 aromatic rings. The molecule has 3 aliphatic heterocycles. The average Bonchev–Trinajstić information content (AvgIpc) is 3.43. The SMILES string of the molecule is CC[C@H]1OC(=O)C(C)C(=O)[C@H](C)[C@@H](O[C@@H]2O[C@H](C(O)CNC(C)C)CC(N(C)C)C2O)[C@](C)(OC)C[C@@H](C)CN[C@H](C)[C@H]2NC(=O)O[C@@]21CC. The number of alkyl carbamates (subject to hydrolysis) is 1. The highest BCUT2D eigenvalue weighted by Gasteiger charge is 2.57. The Morgan fingerprint density at radius 2 is 1.78 bits per heavy atom. The second-order valence-corrected chi connectivity index (χ2v) is 15.6. The Bertz CT molecular complexity index is 1140. The molecule has 50 heavy (non-hydrogen) atoms. The summed E-state index contributed by atoms with van der Waals surface area (Å²) >= 11 is 0. The van der Waals surface area contributed by atoms with Crippen molar-refractivity contribution in [1.29, 1.82) is 0 Å². The Kier molecular flexibility index (Phi) is 15.1. The lowest BCUT2D eigenvalue weighted by atomic mass is 9.78. The molecule has 3 saturated heterocycles. The van der Waals surface area contributed by atoms with Gasteiger partial charge in [0.15, 0.2) is 17.7 Å². The molecule has 0 radical (unpaired) electrons. The van der Waals surface area contributed by atoms with Crippen molar-refractivity contribution in [1.82, 2.24) is 20.9 Å². The molecule has 14 atom stereocenters. The monoisotopic (exact) mass is 714 g/mol. The third-order valence-electron chi connectivity index (χ3n) is 11.2. The van der Waals surface area contributed by atoms with Gasteiger partial charge in [-0.05, 0) is 73.0 Å². The first-order valence-corrected chi connectivity index (χ1v) is 18.4. The van der Waals surface area contributed by atoms with Crippen LogP contribution in [0.2, 0.25) is 0 Å². The number of hydrogen-bond donors (Lipinski definition) is 5. The van der Waals surface area contributed by atoms with Crippen LogP contribution in [-0.2, 0) is 33.3 Å². The molecule has 0 aliphatic carbocycles. The van der Waals surface area contributed by atoms with E-state index in [4.69, 9.17) is 23.7 Å². The Morgan fingerprint density at radius 3 is 2.34 bits per heavy atom. The predicted molar refractivity (Wildman–Crippen MR) is 187 cm³/mol. The number of carbonyl (C=O) groups is 3. The van der Waals surface area contributed by atoms with Gasteiger partial charge in [0.05, 0.1) is 30.0 Å². The van der Waals surface area contributed by atoms with Crippen LogP contribution >= 0.6 is 0 Å². The number of aliphatic hydroxyl groups excluding tert-OH is 2. The zero-order chi connectivity index (χ0) is 37.7. The number of carbonyl (C=O) groups excluding carboxylic acids is 3. The van der Waals surface area contributed by atoms with Crippen molar-refractivity contribution in [3.63, 3.8) is 0 Å². The van der Waals surface area contributed by atoms with E-state index in [9.17, 15) is 24.6 Å². The normalized spacial score (nSPS) is 41.5. The number of Topliss-reactive ketones (excluding diaryl/α,β-unsaturated/α-hetero) is 1. The highest BCUT2D eigenvalue weighted by Crippen LogP contribution is 2.39. The maximum Gasteiger partial charge on any atom is 0.408 e. The third-order valence-corrected chi connectivity index (χ3v) is 11.2. The molecular weight excluding hydrogens is 648 g/mol. The highest BCUT2D eigenvalue weighted by atomic mass is 16.7. The molecule has 0 saturated carbocycles. The molecular formula is C36H66N4O10. The number of nitrogens with zero attached hydrogens (tertiary/aromatic N) is 1. The van der Waals surface area contributed by atoms with E-state index in [1.54, 1.807) is 14.0 Å². The lowest BCUT2D eigenvalue weighted by Crippen LogP contribution is -2.61. The number of cyclic esters (lactones) is 1. The van der Waals surface area contributed by atoms with E-state index in [2.05, 4.69) is 22.9 Å².